The van der Waals surface area contributed by atoms with Crippen LogP contribution < -0.4 is 0 Å². The van der Waals surface area contributed by atoms with E-state index in [4.69, 9.17) is 5.11 Å². The van der Waals surface area contributed by atoms with Gasteiger partial charge < -0.3 is 15.1 Å². The number of amides is 1. The Kier molecular flexibility index (Phi) is 5.49. The van der Waals surface area contributed by atoms with Crippen molar-refractivity contribution >= 4 is 11.9 Å². The molecule has 0 atom stereocenters. The van der Waals surface area contributed by atoms with Crippen molar-refractivity contribution in [3.8, 4) is 16.9 Å². The number of aryl methyl sites for hydroxylation is 1. The Morgan fingerprint density at radius 3 is 2.48 bits per heavy atom. The Morgan fingerprint density at radius 2 is 1.85 bits per heavy atom. The summed E-state index contributed by atoms with van der Waals surface area (Å²) in [4.78, 5) is 25.4. The molecule has 1 saturated carbocycles. The number of benzene rings is 2. The van der Waals surface area contributed by atoms with Gasteiger partial charge in [0.15, 0.2) is 0 Å². The molecule has 1 aliphatic carbocycles. The Bertz CT molecular complexity index is 871. The molecule has 5 nitrogen and oxygen atoms in total. The highest BCUT2D eigenvalue weighted by molar-refractivity contribution is 5.82. The summed E-state index contributed by atoms with van der Waals surface area (Å²) < 4.78 is 0. The highest BCUT2D eigenvalue weighted by Crippen LogP contribution is 2.35. The SMILES string of the molecule is CCN(Cc1ccc(C)cc1-c1cc(CC(=O)O)ccc1O)C(=O)C1CC1. The number of carbonyl (C=O) groups is 2. The molecule has 0 spiro atoms. The molecule has 1 amide bonds. The summed E-state index contributed by atoms with van der Waals surface area (Å²) in [5.41, 5.74) is 4.04. The van der Waals surface area contributed by atoms with Gasteiger partial charge in [-0.3, -0.25) is 9.59 Å². The van der Waals surface area contributed by atoms with E-state index in [2.05, 4.69) is 0 Å². The molecule has 2 aromatic carbocycles. The molecule has 0 bridgehead atoms. The minimum absolute atomic E-state index is 0.102. The molecule has 3 rings (SSSR count). The van der Waals surface area contributed by atoms with Gasteiger partial charge in [0.05, 0.1) is 6.42 Å². The van der Waals surface area contributed by atoms with E-state index in [9.17, 15) is 14.7 Å². The van der Waals surface area contributed by atoms with E-state index in [0.717, 1.165) is 29.5 Å². The van der Waals surface area contributed by atoms with Crippen molar-refractivity contribution in [2.45, 2.75) is 39.7 Å². The largest absolute Gasteiger partial charge is 0.507 e. The zero-order chi connectivity index (χ0) is 19.6. The normalized spacial score (nSPS) is 13.4. The van der Waals surface area contributed by atoms with Crippen molar-refractivity contribution in [2.24, 2.45) is 5.92 Å². The molecule has 2 N–H and O–H groups in total. The van der Waals surface area contributed by atoms with Gasteiger partial charge in [-0.25, -0.2) is 0 Å². The van der Waals surface area contributed by atoms with Gasteiger partial charge in [0.1, 0.15) is 5.75 Å². The van der Waals surface area contributed by atoms with Gasteiger partial charge in [-0.2, -0.15) is 0 Å². The van der Waals surface area contributed by atoms with Crippen molar-refractivity contribution in [3.63, 3.8) is 0 Å². The molecule has 0 radical (unpaired) electrons. The fourth-order valence-corrected chi connectivity index (χ4v) is 3.30. The van der Waals surface area contributed by atoms with Crippen LogP contribution in [-0.4, -0.2) is 33.5 Å². The van der Waals surface area contributed by atoms with Gasteiger partial charge in [-0.05, 0) is 55.5 Å². The minimum Gasteiger partial charge on any atom is -0.507 e. The van der Waals surface area contributed by atoms with Crippen LogP contribution >= 0.6 is 0 Å². The van der Waals surface area contributed by atoms with Crippen LogP contribution in [0.5, 0.6) is 5.75 Å². The second-order valence-electron chi connectivity index (χ2n) is 7.21. The quantitative estimate of drug-likeness (QED) is 0.781. The average Bonchev–Trinajstić information content (AvgIpc) is 3.46. The monoisotopic (exact) mass is 367 g/mol. The van der Waals surface area contributed by atoms with Crippen LogP contribution in [0.25, 0.3) is 11.1 Å². The van der Waals surface area contributed by atoms with E-state index in [1.807, 2.05) is 36.9 Å². The number of carboxylic acids is 1. The highest BCUT2D eigenvalue weighted by atomic mass is 16.4. The van der Waals surface area contributed by atoms with Crippen LogP contribution in [0.2, 0.25) is 0 Å². The molecule has 27 heavy (non-hydrogen) atoms. The number of nitrogens with zero attached hydrogens (tertiary/aromatic N) is 1. The Morgan fingerprint density at radius 1 is 1.11 bits per heavy atom. The third kappa shape index (κ3) is 4.48. The van der Waals surface area contributed by atoms with E-state index >= 15 is 0 Å². The van der Waals surface area contributed by atoms with Gasteiger partial charge in [0, 0.05) is 24.6 Å². The van der Waals surface area contributed by atoms with E-state index in [1.54, 1.807) is 12.1 Å². The Hall–Kier alpha value is -2.82. The first-order valence-electron chi connectivity index (χ1n) is 9.31. The lowest BCUT2D eigenvalue weighted by molar-refractivity contribution is -0.136. The minimum atomic E-state index is -0.914. The number of aromatic hydroxyl groups is 1. The number of hydrogen-bond donors (Lipinski definition) is 2. The van der Waals surface area contributed by atoms with E-state index < -0.39 is 5.97 Å². The summed E-state index contributed by atoms with van der Waals surface area (Å²) >= 11 is 0. The van der Waals surface area contributed by atoms with Crippen LogP contribution in [0.15, 0.2) is 36.4 Å². The molecular weight excluding hydrogens is 342 g/mol. The number of carbonyl (C=O) groups excluding carboxylic acids is 1. The first kappa shape index (κ1) is 19.0. The van der Waals surface area contributed by atoms with Crippen LogP contribution in [0.4, 0.5) is 0 Å². The van der Waals surface area contributed by atoms with Crippen molar-refractivity contribution in [3.05, 3.63) is 53.1 Å². The average molecular weight is 367 g/mol. The zero-order valence-electron chi connectivity index (χ0n) is 15.7. The highest BCUT2D eigenvalue weighted by Gasteiger charge is 2.33. The lowest BCUT2D eigenvalue weighted by atomic mass is 9.94. The maximum atomic E-state index is 12.5. The fraction of sp³-hybridized carbons (Fsp3) is 0.364. The molecule has 0 saturated heterocycles. The predicted molar refractivity (Wildman–Crippen MR) is 103 cm³/mol. The molecule has 142 valence electrons. The van der Waals surface area contributed by atoms with Gasteiger partial charge >= 0.3 is 5.97 Å². The molecule has 2 aromatic rings. The van der Waals surface area contributed by atoms with Crippen molar-refractivity contribution in [1.82, 2.24) is 4.90 Å². The Labute approximate surface area is 159 Å². The van der Waals surface area contributed by atoms with Gasteiger partial charge in [-0.1, -0.05) is 29.8 Å². The van der Waals surface area contributed by atoms with Crippen molar-refractivity contribution < 1.29 is 19.8 Å². The lowest BCUT2D eigenvalue weighted by Crippen LogP contribution is -2.31. The van der Waals surface area contributed by atoms with Crippen molar-refractivity contribution in [1.29, 1.82) is 0 Å². The van der Waals surface area contributed by atoms with Crippen molar-refractivity contribution in [2.75, 3.05) is 6.54 Å². The van der Waals surface area contributed by atoms with Gasteiger partial charge in [-0.15, -0.1) is 0 Å². The van der Waals surface area contributed by atoms with Crippen LogP contribution in [0, 0.1) is 12.8 Å². The van der Waals surface area contributed by atoms with Gasteiger partial charge in [0.25, 0.3) is 0 Å². The number of hydrogen-bond acceptors (Lipinski definition) is 3. The first-order valence-corrected chi connectivity index (χ1v) is 9.31. The number of phenols is 1. The standard InChI is InChI=1S/C22H25NO4/c1-3-23(22(27)16-7-8-16)13-17-6-4-14(2)10-18(17)19-11-15(12-21(25)26)5-9-20(19)24/h4-6,9-11,16,24H,3,7-8,12-13H2,1-2H3,(H,25,26). The smallest absolute Gasteiger partial charge is 0.307 e. The molecular formula is C22H25NO4. The van der Waals surface area contributed by atoms with Crippen LogP contribution in [0.3, 0.4) is 0 Å². The third-order valence-corrected chi connectivity index (χ3v) is 4.95. The van der Waals surface area contributed by atoms with E-state index in [-0.39, 0.29) is 24.0 Å². The number of aliphatic carboxylic acids is 1. The zero-order valence-corrected chi connectivity index (χ0v) is 15.7. The molecule has 0 unspecified atom stereocenters. The molecule has 1 aliphatic rings. The second-order valence-corrected chi connectivity index (χ2v) is 7.21. The summed E-state index contributed by atoms with van der Waals surface area (Å²) in [7, 11) is 0. The fourth-order valence-electron chi connectivity index (χ4n) is 3.30. The lowest BCUT2D eigenvalue weighted by Gasteiger charge is -2.23. The second kappa shape index (κ2) is 7.82. The molecule has 0 heterocycles. The maximum absolute atomic E-state index is 12.5. The molecule has 5 heteroatoms. The maximum Gasteiger partial charge on any atom is 0.307 e. The predicted octanol–water partition coefficient (Wildman–Crippen LogP) is 3.75. The summed E-state index contributed by atoms with van der Waals surface area (Å²) in [6.07, 6.45) is 1.83. The van der Waals surface area contributed by atoms with E-state index in [0.29, 0.717) is 24.2 Å². The van der Waals surface area contributed by atoms with Crippen LogP contribution in [-0.2, 0) is 22.6 Å². The number of rotatable bonds is 7. The number of phenolic OH excluding ortho intramolecular Hbond substituents is 1. The molecule has 1 fully saturated rings. The van der Waals surface area contributed by atoms with E-state index in [1.165, 1.54) is 6.07 Å². The number of carboxylic acid groups (broad SMARTS) is 1. The summed E-state index contributed by atoms with van der Waals surface area (Å²) in [6, 6.07) is 10.8. The third-order valence-electron chi connectivity index (χ3n) is 4.95. The molecule has 0 aromatic heterocycles. The Balaban J connectivity index is 1.99. The summed E-state index contributed by atoms with van der Waals surface area (Å²) in [6.45, 7) is 5.05. The summed E-state index contributed by atoms with van der Waals surface area (Å²) in [5.74, 6) is -0.463. The first-order chi connectivity index (χ1) is 12.9. The van der Waals surface area contributed by atoms with Gasteiger partial charge in [0.2, 0.25) is 5.91 Å². The molecule has 0 aliphatic heterocycles. The summed E-state index contributed by atoms with van der Waals surface area (Å²) in [5, 5.41) is 19.5. The topological polar surface area (TPSA) is 77.8 Å². The van der Waals surface area contributed by atoms with Crippen LogP contribution in [0.1, 0.15) is 36.5 Å².